The Balaban J connectivity index is 2.38. The summed E-state index contributed by atoms with van der Waals surface area (Å²) in [5.74, 6) is -0.411. The summed E-state index contributed by atoms with van der Waals surface area (Å²) in [6.07, 6.45) is 4.31. The largest absolute Gasteiger partial charge is 0.380 e. The number of hydrogen-bond donors (Lipinski definition) is 1. The molecule has 2 aromatic rings. The van der Waals surface area contributed by atoms with Crippen molar-refractivity contribution in [1.82, 2.24) is 9.78 Å². The predicted molar refractivity (Wildman–Crippen MR) is 67.6 cm³/mol. The van der Waals surface area contributed by atoms with Gasteiger partial charge < -0.3 is 5.11 Å². The number of aliphatic hydroxyl groups is 1. The summed E-state index contributed by atoms with van der Waals surface area (Å²) in [6, 6.07) is 6.26. The summed E-state index contributed by atoms with van der Waals surface area (Å²) in [4.78, 5) is 0. The standard InChI is InChI=1S/C14H17FN2O/c1-3-8-17-10-11(9-16-17)14(2,18)12-6-4-5-7-13(12)15/h4-7,9-10,18H,3,8H2,1-2H3. The van der Waals surface area contributed by atoms with Crippen LogP contribution in [-0.4, -0.2) is 14.9 Å². The van der Waals surface area contributed by atoms with E-state index in [1.807, 2.05) is 0 Å². The molecule has 0 radical (unpaired) electrons. The molecule has 96 valence electrons. The summed E-state index contributed by atoms with van der Waals surface area (Å²) in [5, 5.41) is 14.7. The van der Waals surface area contributed by atoms with Gasteiger partial charge >= 0.3 is 0 Å². The van der Waals surface area contributed by atoms with Crippen molar-refractivity contribution >= 4 is 0 Å². The highest BCUT2D eigenvalue weighted by atomic mass is 19.1. The summed E-state index contributed by atoms with van der Waals surface area (Å²) in [5.41, 5.74) is -0.501. The molecule has 0 fully saturated rings. The Hall–Kier alpha value is -1.68. The number of rotatable bonds is 4. The quantitative estimate of drug-likeness (QED) is 0.903. The number of aryl methyl sites for hydroxylation is 1. The van der Waals surface area contributed by atoms with Gasteiger partial charge in [-0.05, 0) is 19.4 Å². The van der Waals surface area contributed by atoms with Crippen molar-refractivity contribution in [3.8, 4) is 0 Å². The summed E-state index contributed by atoms with van der Waals surface area (Å²) in [7, 11) is 0. The Labute approximate surface area is 106 Å². The van der Waals surface area contributed by atoms with E-state index in [9.17, 15) is 9.50 Å². The molecule has 3 nitrogen and oxygen atoms in total. The van der Waals surface area contributed by atoms with E-state index in [4.69, 9.17) is 0 Å². The van der Waals surface area contributed by atoms with Gasteiger partial charge in [0.25, 0.3) is 0 Å². The van der Waals surface area contributed by atoms with Gasteiger partial charge in [-0.25, -0.2) is 4.39 Å². The van der Waals surface area contributed by atoms with Gasteiger partial charge in [0.05, 0.1) is 6.20 Å². The van der Waals surface area contributed by atoms with Crippen molar-refractivity contribution in [3.63, 3.8) is 0 Å². The van der Waals surface area contributed by atoms with Crippen LogP contribution in [-0.2, 0) is 12.1 Å². The second kappa shape index (κ2) is 4.90. The minimum Gasteiger partial charge on any atom is -0.380 e. The topological polar surface area (TPSA) is 38.0 Å². The molecule has 0 aliphatic heterocycles. The molecule has 18 heavy (non-hydrogen) atoms. The monoisotopic (exact) mass is 248 g/mol. The Morgan fingerprint density at radius 3 is 2.78 bits per heavy atom. The lowest BCUT2D eigenvalue weighted by Crippen LogP contribution is -2.23. The van der Waals surface area contributed by atoms with E-state index in [0.717, 1.165) is 13.0 Å². The third kappa shape index (κ3) is 2.29. The van der Waals surface area contributed by atoms with E-state index in [0.29, 0.717) is 5.56 Å². The SMILES string of the molecule is CCCn1cc(C(C)(O)c2ccccc2F)cn1. The number of benzene rings is 1. The molecule has 0 aliphatic carbocycles. The van der Waals surface area contributed by atoms with Gasteiger partial charge in [0.15, 0.2) is 0 Å². The molecule has 1 atom stereocenters. The highest BCUT2D eigenvalue weighted by molar-refractivity contribution is 5.33. The molecular weight excluding hydrogens is 231 g/mol. The zero-order chi connectivity index (χ0) is 13.2. The first-order valence-corrected chi connectivity index (χ1v) is 6.06. The lowest BCUT2D eigenvalue weighted by molar-refractivity contribution is 0.0978. The molecule has 0 spiro atoms. The Bertz CT molecular complexity index is 534. The zero-order valence-electron chi connectivity index (χ0n) is 10.6. The van der Waals surface area contributed by atoms with E-state index in [1.165, 1.54) is 6.07 Å². The normalized spacial score (nSPS) is 14.4. The highest BCUT2D eigenvalue weighted by Gasteiger charge is 2.29. The minimum atomic E-state index is -1.36. The van der Waals surface area contributed by atoms with Gasteiger partial charge in [-0.2, -0.15) is 5.10 Å². The van der Waals surface area contributed by atoms with Crippen LogP contribution < -0.4 is 0 Å². The maximum atomic E-state index is 13.7. The van der Waals surface area contributed by atoms with Crippen molar-refractivity contribution in [3.05, 3.63) is 53.6 Å². The number of nitrogens with zero attached hydrogens (tertiary/aromatic N) is 2. The van der Waals surface area contributed by atoms with E-state index < -0.39 is 11.4 Å². The summed E-state index contributed by atoms with van der Waals surface area (Å²) < 4.78 is 15.5. The van der Waals surface area contributed by atoms with E-state index in [-0.39, 0.29) is 5.56 Å². The number of hydrogen-bond acceptors (Lipinski definition) is 2. The third-order valence-corrected chi connectivity index (χ3v) is 3.05. The van der Waals surface area contributed by atoms with Gasteiger partial charge in [-0.15, -0.1) is 0 Å². The molecule has 1 aromatic heterocycles. The minimum absolute atomic E-state index is 0.265. The van der Waals surface area contributed by atoms with Gasteiger partial charge in [0, 0.05) is 23.9 Å². The second-order valence-electron chi connectivity index (χ2n) is 4.54. The molecule has 0 bridgehead atoms. The summed E-state index contributed by atoms with van der Waals surface area (Å²) >= 11 is 0. The van der Waals surface area contributed by atoms with Crippen LogP contribution in [0.15, 0.2) is 36.7 Å². The fraction of sp³-hybridized carbons (Fsp3) is 0.357. The Morgan fingerprint density at radius 2 is 2.11 bits per heavy atom. The van der Waals surface area contributed by atoms with Crippen LogP contribution in [0.5, 0.6) is 0 Å². The molecule has 1 aromatic carbocycles. The van der Waals surface area contributed by atoms with Crippen molar-refractivity contribution in [2.24, 2.45) is 0 Å². The Kier molecular flexibility index (Phi) is 3.48. The van der Waals surface area contributed by atoms with Crippen molar-refractivity contribution < 1.29 is 9.50 Å². The fourth-order valence-corrected chi connectivity index (χ4v) is 1.98. The molecule has 1 unspecified atom stereocenters. The van der Waals surface area contributed by atoms with Gasteiger partial charge in [0.2, 0.25) is 0 Å². The van der Waals surface area contributed by atoms with Crippen LogP contribution in [0.1, 0.15) is 31.4 Å². The molecule has 1 N–H and O–H groups in total. The fourth-order valence-electron chi connectivity index (χ4n) is 1.98. The van der Waals surface area contributed by atoms with Crippen LogP contribution in [0.3, 0.4) is 0 Å². The molecule has 2 rings (SSSR count). The molecule has 1 heterocycles. The third-order valence-electron chi connectivity index (χ3n) is 3.05. The first kappa shape index (κ1) is 12.8. The smallest absolute Gasteiger partial charge is 0.129 e. The van der Waals surface area contributed by atoms with Gasteiger partial charge in [-0.1, -0.05) is 25.1 Å². The van der Waals surface area contributed by atoms with Crippen LogP contribution in [0.4, 0.5) is 4.39 Å². The van der Waals surface area contributed by atoms with Crippen LogP contribution in [0.2, 0.25) is 0 Å². The van der Waals surface area contributed by atoms with Crippen molar-refractivity contribution in [2.75, 3.05) is 0 Å². The van der Waals surface area contributed by atoms with Gasteiger partial charge in [0.1, 0.15) is 11.4 Å². The maximum absolute atomic E-state index is 13.7. The number of halogens is 1. The van der Waals surface area contributed by atoms with E-state index >= 15 is 0 Å². The first-order valence-electron chi connectivity index (χ1n) is 6.06. The van der Waals surface area contributed by atoms with Crippen molar-refractivity contribution in [2.45, 2.75) is 32.4 Å². The highest BCUT2D eigenvalue weighted by Crippen LogP contribution is 2.30. The molecular formula is C14H17FN2O. The summed E-state index contributed by atoms with van der Waals surface area (Å²) in [6.45, 7) is 4.42. The van der Waals surface area contributed by atoms with Gasteiger partial charge in [-0.3, -0.25) is 4.68 Å². The molecule has 0 saturated carbocycles. The van der Waals surface area contributed by atoms with Crippen molar-refractivity contribution in [1.29, 1.82) is 0 Å². The predicted octanol–water partition coefficient (Wildman–Crippen LogP) is 2.69. The molecule has 4 heteroatoms. The Morgan fingerprint density at radius 1 is 1.39 bits per heavy atom. The molecule has 0 amide bonds. The van der Waals surface area contributed by atoms with Crippen LogP contribution in [0, 0.1) is 5.82 Å². The second-order valence-corrected chi connectivity index (χ2v) is 4.54. The lowest BCUT2D eigenvalue weighted by atomic mass is 9.90. The van der Waals surface area contributed by atoms with Crippen LogP contribution >= 0.6 is 0 Å². The lowest BCUT2D eigenvalue weighted by Gasteiger charge is -2.22. The number of aromatic nitrogens is 2. The van der Waals surface area contributed by atoms with E-state index in [1.54, 1.807) is 42.2 Å². The zero-order valence-corrected chi connectivity index (χ0v) is 10.6. The van der Waals surface area contributed by atoms with Crippen LogP contribution in [0.25, 0.3) is 0 Å². The molecule has 0 saturated heterocycles. The average Bonchev–Trinajstić information content (AvgIpc) is 2.79. The maximum Gasteiger partial charge on any atom is 0.129 e. The average molecular weight is 248 g/mol. The first-order chi connectivity index (χ1) is 8.55. The molecule has 0 aliphatic rings. The van der Waals surface area contributed by atoms with E-state index in [2.05, 4.69) is 12.0 Å².